The largest absolute Gasteiger partial charge is 0.494 e. The van der Waals surface area contributed by atoms with Crippen LogP contribution in [0.1, 0.15) is 75.3 Å². The van der Waals surface area contributed by atoms with Crippen molar-refractivity contribution in [3.05, 3.63) is 36.4 Å². The Morgan fingerprint density at radius 2 is 0.912 bits per heavy atom. The summed E-state index contributed by atoms with van der Waals surface area (Å²) in [5, 5.41) is 2.38. The first kappa shape index (κ1) is 23.9. The van der Waals surface area contributed by atoms with Crippen LogP contribution in [-0.2, 0) is 18.6 Å². The maximum absolute atomic E-state index is 6.35. The second-order valence-electron chi connectivity index (χ2n) is 12.2. The summed E-state index contributed by atoms with van der Waals surface area (Å²) in [7, 11) is -0.781. The molecule has 0 bridgehead atoms. The SMILES string of the molecule is CC(C)n1c2ccc(B3OC(C)(C)C(C)(C)O3)cc2c2cc(B3OC(C)(C)C(C)(C)O3)ccc21. The molecule has 2 fully saturated rings. The van der Waals surface area contributed by atoms with Crippen LogP contribution in [0.25, 0.3) is 21.8 Å². The maximum Gasteiger partial charge on any atom is 0.494 e. The van der Waals surface area contributed by atoms with Gasteiger partial charge in [0.05, 0.1) is 22.4 Å². The van der Waals surface area contributed by atoms with Gasteiger partial charge in [0.15, 0.2) is 0 Å². The van der Waals surface area contributed by atoms with E-state index in [9.17, 15) is 0 Å². The second-order valence-corrected chi connectivity index (χ2v) is 12.2. The minimum absolute atomic E-state index is 0.324. The Labute approximate surface area is 204 Å². The molecular weight excluding hydrogens is 424 g/mol. The van der Waals surface area contributed by atoms with Gasteiger partial charge in [-0.1, -0.05) is 24.3 Å². The molecule has 2 saturated heterocycles. The molecule has 2 aliphatic heterocycles. The zero-order valence-corrected chi connectivity index (χ0v) is 22.3. The van der Waals surface area contributed by atoms with Gasteiger partial charge in [-0.25, -0.2) is 0 Å². The molecule has 0 N–H and O–H groups in total. The molecule has 0 atom stereocenters. The molecule has 2 aliphatic rings. The second kappa shape index (κ2) is 7.36. The van der Waals surface area contributed by atoms with Crippen LogP contribution in [0.2, 0.25) is 0 Å². The van der Waals surface area contributed by atoms with E-state index in [4.69, 9.17) is 18.6 Å². The Morgan fingerprint density at radius 1 is 0.588 bits per heavy atom. The average Bonchev–Trinajstić information content (AvgIpc) is 3.24. The molecule has 5 rings (SSSR count). The molecule has 1 aromatic heterocycles. The zero-order chi connectivity index (χ0) is 24.8. The molecule has 3 aromatic rings. The summed E-state index contributed by atoms with van der Waals surface area (Å²) in [6.07, 6.45) is 0. The summed E-state index contributed by atoms with van der Waals surface area (Å²) in [6.45, 7) is 21.2. The van der Waals surface area contributed by atoms with Crippen molar-refractivity contribution in [1.82, 2.24) is 4.57 Å². The predicted molar refractivity (Wildman–Crippen MR) is 141 cm³/mol. The average molecular weight is 461 g/mol. The monoisotopic (exact) mass is 461 g/mol. The quantitative estimate of drug-likeness (QED) is 0.517. The highest BCUT2D eigenvalue weighted by atomic mass is 16.7. The van der Waals surface area contributed by atoms with Crippen molar-refractivity contribution in [2.75, 3.05) is 0 Å². The Morgan fingerprint density at radius 3 is 1.21 bits per heavy atom. The van der Waals surface area contributed by atoms with Crippen molar-refractivity contribution in [3.8, 4) is 0 Å². The minimum atomic E-state index is -0.391. The molecular formula is C27H37B2NO4. The fraction of sp³-hybridized carbons (Fsp3) is 0.556. The molecule has 3 heterocycles. The Bertz CT molecular complexity index is 1150. The van der Waals surface area contributed by atoms with Gasteiger partial charge < -0.3 is 23.2 Å². The van der Waals surface area contributed by atoms with Crippen molar-refractivity contribution in [2.45, 2.75) is 97.7 Å². The maximum atomic E-state index is 6.35. The first-order valence-electron chi connectivity index (χ1n) is 12.4. The molecule has 2 aromatic carbocycles. The van der Waals surface area contributed by atoms with Crippen LogP contribution in [0.15, 0.2) is 36.4 Å². The van der Waals surface area contributed by atoms with Crippen molar-refractivity contribution in [3.63, 3.8) is 0 Å². The van der Waals surface area contributed by atoms with E-state index in [1.54, 1.807) is 0 Å². The van der Waals surface area contributed by atoms with Crippen LogP contribution in [-0.4, -0.2) is 41.2 Å². The van der Waals surface area contributed by atoms with Gasteiger partial charge in [-0.3, -0.25) is 0 Å². The van der Waals surface area contributed by atoms with Crippen LogP contribution in [0.5, 0.6) is 0 Å². The summed E-state index contributed by atoms with van der Waals surface area (Å²) in [5.74, 6) is 0. The lowest BCUT2D eigenvalue weighted by Gasteiger charge is -2.32. The highest BCUT2D eigenvalue weighted by molar-refractivity contribution is 6.63. The number of aromatic nitrogens is 1. The molecule has 0 unspecified atom stereocenters. The van der Waals surface area contributed by atoms with Gasteiger partial charge in [0.2, 0.25) is 0 Å². The van der Waals surface area contributed by atoms with Crippen LogP contribution in [0.3, 0.4) is 0 Å². The van der Waals surface area contributed by atoms with E-state index in [1.807, 2.05) is 0 Å². The number of nitrogens with zero attached hydrogens (tertiary/aromatic N) is 1. The smallest absolute Gasteiger partial charge is 0.399 e. The highest BCUT2D eigenvalue weighted by Crippen LogP contribution is 2.39. The van der Waals surface area contributed by atoms with Gasteiger partial charge in [-0.2, -0.15) is 0 Å². The number of rotatable bonds is 3. The Hall–Kier alpha value is -1.79. The highest BCUT2D eigenvalue weighted by Gasteiger charge is 2.52. The fourth-order valence-corrected chi connectivity index (χ4v) is 4.90. The number of fused-ring (bicyclic) bond motifs is 3. The van der Waals surface area contributed by atoms with Gasteiger partial charge in [-0.15, -0.1) is 0 Å². The molecule has 0 aliphatic carbocycles. The third-order valence-electron chi connectivity index (χ3n) is 8.42. The first-order valence-corrected chi connectivity index (χ1v) is 12.4. The van der Waals surface area contributed by atoms with E-state index in [2.05, 4.69) is 110 Å². The predicted octanol–water partition coefficient (Wildman–Crippen LogP) is 4.97. The molecule has 7 heteroatoms. The number of hydrogen-bond donors (Lipinski definition) is 0. The van der Waals surface area contributed by atoms with Crippen molar-refractivity contribution < 1.29 is 18.6 Å². The van der Waals surface area contributed by atoms with Crippen LogP contribution < -0.4 is 10.9 Å². The Balaban J connectivity index is 1.64. The molecule has 0 radical (unpaired) electrons. The Kier molecular flexibility index (Phi) is 5.18. The zero-order valence-electron chi connectivity index (χ0n) is 22.3. The lowest BCUT2D eigenvalue weighted by Crippen LogP contribution is -2.41. The fourth-order valence-electron chi connectivity index (χ4n) is 4.90. The van der Waals surface area contributed by atoms with Gasteiger partial charge in [0.25, 0.3) is 0 Å². The molecule has 34 heavy (non-hydrogen) atoms. The molecule has 0 amide bonds. The van der Waals surface area contributed by atoms with E-state index < -0.39 is 14.2 Å². The van der Waals surface area contributed by atoms with Gasteiger partial charge in [-0.05, 0) is 92.3 Å². The van der Waals surface area contributed by atoms with Gasteiger partial charge in [0.1, 0.15) is 0 Å². The molecule has 5 nitrogen and oxygen atoms in total. The number of benzene rings is 2. The van der Waals surface area contributed by atoms with E-state index in [0.717, 1.165) is 10.9 Å². The first-order chi connectivity index (χ1) is 15.6. The van der Waals surface area contributed by atoms with Crippen LogP contribution >= 0.6 is 0 Å². The third-order valence-corrected chi connectivity index (χ3v) is 8.42. The van der Waals surface area contributed by atoms with Gasteiger partial charge >= 0.3 is 14.2 Å². The molecule has 180 valence electrons. The van der Waals surface area contributed by atoms with E-state index >= 15 is 0 Å². The summed E-state index contributed by atoms with van der Waals surface area (Å²) in [5.41, 5.74) is 2.99. The van der Waals surface area contributed by atoms with Crippen LogP contribution in [0, 0.1) is 0 Å². The summed E-state index contributed by atoms with van der Waals surface area (Å²) < 4.78 is 27.8. The lowest BCUT2D eigenvalue weighted by molar-refractivity contribution is 0.00578. The summed E-state index contributed by atoms with van der Waals surface area (Å²) in [4.78, 5) is 0. The van der Waals surface area contributed by atoms with Gasteiger partial charge in [0, 0.05) is 27.8 Å². The third kappa shape index (κ3) is 3.47. The van der Waals surface area contributed by atoms with Crippen molar-refractivity contribution in [2.24, 2.45) is 0 Å². The summed E-state index contributed by atoms with van der Waals surface area (Å²) in [6, 6.07) is 13.5. The normalized spacial score (nSPS) is 23.0. The summed E-state index contributed by atoms with van der Waals surface area (Å²) >= 11 is 0. The van der Waals surface area contributed by atoms with E-state index in [-0.39, 0.29) is 22.4 Å². The van der Waals surface area contributed by atoms with Crippen molar-refractivity contribution >= 4 is 47.0 Å². The molecule has 0 spiro atoms. The lowest BCUT2D eigenvalue weighted by atomic mass is 9.77. The topological polar surface area (TPSA) is 41.9 Å². The minimum Gasteiger partial charge on any atom is -0.399 e. The molecule has 0 saturated carbocycles. The van der Waals surface area contributed by atoms with E-state index in [0.29, 0.717) is 6.04 Å². The van der Waals surface area contributed by atoms with Crippen LogP contribution in [0.4, 0.5) is 0 Å². The van der Waals surface area contributed by atoms with Crippen molar-refractivity contribution in [1.29, 1.82) is 0 Å². The standard InChI is InChI=1S/C27H37B2NO4/c1-17(2)30-22-13-11-18(28-31-24(3,4)25(5,6)32-28)15-20(22)21-16-19(12-14-23(21)30)29-33-26(7,8)27(9,10)34-29/h11-17H,1-10H3. The van der Waals surface area contributed by atoms with E-state index in [1.165, 1.54) is 21.8 Å². The number of hydrogen-bond acceptors (Lipinski definition) is 4.